The first kappa shape index (κ1) is 13.2. The summed E-state index contributed by atoms with van der Waals surface area (Å²) in [5.41, 5.74) is 1.04. The van der Waals surface area contributed by atoms with E-state index >= 15 is 0 Å². The maximum absolute atomic E-state index is 10.7. The van der Waals surface area contributed by atoms with Crippen LogP contribution in [-0.4, -0.2) is 12.2 Å². The fraction of sp³-hybridized carbons (Fsp3) is 0.176. The predicted octanol–water partition coefficient (Wildman–Crippen LogP) is 2.87. The minimum absolute atomic E-state index is 0.652. The first-order chi connectivity index (χ1) is 9.10. The Labute approximate surface area is 113 Å². The van der Waals surface area contributed by atoms with Crippen molar-refractivity contribution < 1.29 is 9.84 Å². The molecule has 1 atom stereocenters. The van der Waals surface area contributed by atoms with Gasteiger partial charge in [-0.1, -0.05) is 47.9 Å². The molecular weight excluding hydrogens is 236 g/mol. The van der Waals surface area contributed by atoms with Gasteiger partial charge >= 0.3 is 0 Å². The predicted molar refractivity (Wildman–Crippen MR) is 76.0 cm³/mol. The Hall–Kier alpha value is -2.24. The van der Waals surface area contributed by atoms with E-state index in [-0.39, 0.29) is 0 Å². The van der Waals surface area contributed by atoms with Crippen molar-refractivity contribution in [3.63, 3.8) is 0 Å². The molecule has 2 nitrogen and oxygen atoms in total. The Kier molecular flexibility index (Phi) is 3.59. The van der Waals surface area contributed by atoms with Crippen molar-refractivity contribution in [3.05, 3.63) is 65.2 Å². The van der Waals surface area contributed by atoms with Gasteiger partial charge in [0, 0.05) is 11.1 Å². The van der Waals surface area contributed by atoms with Crippen LogP contribution in [0.5, 0.6) is 5.75 Å². The van der Waals surface area contributed by atoms with Crippen LogP contribution in [0.25, 0.3) is 0 Å². The monoisotopic (exact) mass is 252 g/mol. The van der Waals surface area contributed by atoms with Gasteiger partial charge in [-0.15, -0.1) is 6.42 Å². The van der Waals surface area contributed by atoms with Crippen LogP contribution in [0, 0.1) is 19.3 Å². The fourth-order valence-electron chi connectivity index (χ4n) is 1.96. The number of hydrogen-bond donors (Lipinski definition) is 1. The van der Waals surface area contributed by atoms with E-state index in [4.69, 9.17) is 11.2 Å². The van der Waals surface area contributed by atoms with Gasteiger partial charge in [0.15, 0.2) is 5.60 Å². The van der Waals surface area contributed by atoms with Gasteiger partial charge in [-0.2, -0.15) is 0 Å². The average molecular weight is 252 g/mol. The van der Waals surface area contributed by atoms with Gasteiger partial charge in [-0.3, -0.25) is 0 Å². The Morgan fingerprint density at radius 2 is 1.47 bits per heavy atom. The third-order valence-electron chi connectivity index (χ3n) is 3.19. The summed E-state index contributed by atoms with van der Waals surface area (Å²) in [5.74, 6) is 3.21. The lowest BCUT2D eigenvalue weighted by molar-refractivity contribution is 0.145. The Balaban J connectivity index is 2.47. The van der Waals surface area contributed by atoms with Crippen LogP contribution >= 0.6 is 0 Å². The first-order valence-electron chi connectivity index (χ1n) is 6.02. The molecule has 0 amide bonds. The standard InChI is InChI=1S/C17H16O2/c1-4-17(18,14-7-5-13(2)6-8-14)15-9-11-16(19-3)12-10-15/h1,5-12,18H,2-3H3. The molecule has 0 fully saturated rings. The van der Waals surface area contributed by atoms with Crippen molar-refractivity contribution in [2.24, 2.45) is 0 Å². The first-order valence-corrected chi connectivity index (χ1v) is 6.02. The van der Waals surface area contributed by atoms with Gasteiger partial charge in [0.1, 0.15) is 5.75 Å². The molecule has 0 aliphatic heterocycles. The van der Waals surface area contributed by atoms with Crippen LogP contribution in [-0.2, 0) is 5.60 Å². The molecule has 0 aromatic heterocycles. The number of hydrogen-bond acceptors (Lipinski definition) is 2. The summed E-state index contributed by atoms with van der Waals surface area (Å²) in [4.78, 5) is 0. The molecular formula is C17H16O2. The van der Waals surface area contributed by atoms with Crippen molar-refractivity contribution in [2.45, 2.75) is 12.5 Å². The molecule has 0 aliphatic rings. The molecule has 1 N–H and O–H groups in total. The summed E-state index contributed by atoms with van der Waals surface area (Å²) in [6.07, 6.45) is 5.55. The number of terminal acetylenes is 1. The highest BCUT2D eigenvalue weighted by atomic mass is 16.5. The lowest BCUT2D eigenvalue weighted by Crippen LogP contribution is -2.24. The van der Waals surface area contributed by atoms with Crippen molar-refractivity contribution >= 4 is 0 Å². The maximum Gasteiger partial charge on any atom is 0.176 e. The average Bonchev–Trinajstić information content (AvgIpc) is 2.47. The molecule has 19 heavy (non-hydrogen) atoms. The molecule has 2 heteroatoms. The molecule has 2 aromatic rings. The molecule has 96 valence electrons. The van der Waals surface area contributed by atoms with E-state index in [1.54, 1.807) is 31.4 Å². The van der Waals surface area contributed by atoms with E-state index < -0.39 is 5.60 Å². The number of aliphatic hydroxyl groups is 1. The zero-order chi connectivity index (χ0) is 13.9. The molecule has 0 aliphatic carbocycles. The minimum Gasteiger partial charge on any atom is -0.497 e. The summed E-state index contributed by atoms with van der Waals surface area (Å²) >= 11 is 0. The normalized spacial score (nSPS) is 13.4. The van der Waals surface area contributed by atoms with E-state index in [0.717, 1.165) is 11.3 Å². The highest BCUT2D eigenvalue weighted by Crippen LogP contribution is 2.30. The van der Waals surface area contributed by atoms with Gasteiger partial charge in [0.25, 0.3) is 0 Å². The second kappa shape index (κ2) is 5.17. The Bertz CT molecular complexity index is 591. The highest BCUT2D eigenvalue weighted by Gasteiger charge is 2.28. The maximum atomic E-state index is 10.7. The minimum atomic E-state index is -1.42. The van der Waals surface area contributed by atoms with Gasteiger partial charge in [-0.05, 0) is 19.1 Å². The lowest BCUT2D eigenvalue weighted by Gasteiger charge is -2.23. The molecule has 0 heterocycles. The van der Waals surface area contributed by atoms with Crippen LogP contribution in [0.1, 0.15) is 16.7 Å². The van der Waals surface area contributed by atoms with Gasteiger partial charge < -0.3 is 9.84 Å². The van der Waals surface area contributed by atoms with Crippen LogP contribution in [0.2, 0.25) is 0 Å². The quantitative estimate of drug-likeness (QED) is 0.851. The molecule has 2 rings (SSSR count). The SMILES string of the molecule is C#CC(O)(c1ccc(C)cc1)c1ccc(OC)cc1. The number of rotatable bonds is 3. The van der Waals surface area contributed by atoms with Crippen molar-refractivity contribution in [1.82, 2.24) is 0 Å². The summed E-state index contributed by atoms with van der Waals surface area (Å²) in [6, 6.07) is 14.7. The molecule has 0 bridgehead atoms. The molecule has 1 unspecified atom stereocenters. The molecule has 0 saturated carbocycles. The zero-order valence-corrected chi connectivity index (χ0v) is 11.1. The molecule has 0 radical (unpaired) electrons. The summed E-state index contributed by atoms with van der Waals surface area (Å²) in [5, 5.41) is 10.7. The highest BCUT2D eigenvalue weighted by molar-refractivity contribution is 5.45. The van der Waals surface area contributed by atoms with Crippen molar-refractivity contribution in [1.29, 1.82) is 0 Å². The molecule has 0 saturated heterocycles. The number of ether oxygens (including phenoxy) is 1. The summed E-state index contributed by atoms with van der Waals surface area (Å²) in [7, 11) is 1.60. The van der Waals surface area contributed by atoms with Gasteiger partial charge in [0.2, 0.25) is 0 Å². The largest absolute Gasteiger partial charge is 0.497 e. The van der Waals surface area contributed by atoms with E-state index in [0.29, 0.717) is 11.1 Å². The zero-order valence-electron chi connectivity index (χ0n) is 11.1. The third-order valence-corrected chi connectivity index (χ3v) is 3.19. The van der Waals surface area contributed by atoms with E-state index in [2.05, 4.69) is 5.92 Å². The number of aryl methyl sites for hydroxylation is 1. The van der Waals surface area contributed by atoms with Gasteiger partial charge in [-0.25, -0.2) is 0 Å². The topological polar surface area (TPSA) is 29.5 Å². The van der Waals surface area contributed by atoms with E-state index in [1.165, 1.54) is 0 Å². The smallest absolute Gasteiger partial charge is 0.176 e. The summed E-state index contributed by atoms with van der Waals surface area (Å²) < 4.78 is 5.10. The van der Waals surface area contributed by atoms with Crippen LogP contribution in [0.4, 0.5) is 0 Å². The van der Waals surface area contributed by atoms with Crippen LogP contribution in [0.3, 0.4) is 0 Å². The van der Waals surface area contributed by atoms with Crippen LogP contribution < -0.4 is 4.74 Å². The van der Waals surface area contributed by atoms with Crippen molar-refractivity contribution in [3.8, 4) is 18.1 Å². The van der Waals surface area contributed by atoms with E-state index in [9.17, 15) is 5.11 Å². The second-order valence-electron chi connectivity index (χ2n) is 4.45. The fourth-order valence-corrected chi connectivity index (χ4v) is 1.96. The number of methoxy groups -OCH3 is 1. The Morgan fingerprint density at radius 3 is 1.89 bits per heavy atom. The Morgan fingerprint density at radius 1 is 1.00 bits per heavy atom. The van der Waals surface area contributed by atoms with Crippen molar-refractivity contribution in [2.75, 3.05) is 7.11 Å². The molecule has 0 spiro atoms. The molecule has 2 aromatic carbocycles. The third kappa shape index (κ3) is 2.47. The van der Waals surface area contributed by atoms with Crippen LogP contribution in [0.15, 0.2) is 48.5 Å². The van der Waals surface area contributed by atoms with Gasteiger partial charge in [0.05, 0.1) is 7.11 Å². The lowest BCUT2D eigenvalue weighted by atomic mass is 9.87. The second-order valence-corrected chi connectivity index (χ2v) is 4.45. The van der Waals surface area contributed by atoms with E-state index in [1.807, 2.05) is 31.2 Å². The number of benzene rings is 2. The summed E-state index contributed by atoms with van der Waals surface area (Å²) in [6.45, 7) is 1.99.